The van der Waals surface area contributed by atoms with Crippen molar-refractivity contribution in [2.24, 2.45) is 5.41 Å². The topological polar surface area (TPSA) is 69.6 Å². The van der Waals surface area contributed by atoms with Gasteiger partial charge in [0.15, 0.2) is 0 Å². The first kappa shape index (κ1) is 20.5. The average Bonchev–Trinajstić information content (AvgIpc) is 2.70. The summed E-state index contributed by atoms with van der Waals surface area (Å²) in [4.78, 5) is 26.6. The van der Waals surface area contributed by atoms with E-state index in [4.69, 9.17) is 0 Å². The molecule has 2 amide bonds. The van der Waals surface area contributed by atoms with Crippen LogP contribution < -0.4 is 5.32 Å². The van der Waals surface area contributed by atoms with Crippen molar-refractivity contribution >= 4 is 11.8 Å². The number of nitrogens with one attached hydrogen (secondary N) is 1. The zero-order valence-electron chi connectivity index (χ0n) is 18.2. The van der Waals surface area contributed by atoms with E-state index in [0.29, 0.717) is 30.8 Å². The number of amides is 2. The molecule has 0 aromatic heterocycles. The van der Waals surface area contributed by atoms with Crippen LogP contribution in [0.15, 0.2) is 42.5 Å². The molecule has 0 unspecified atom stereocenters. The number of nitrogens with zero attached hydrogens (tertiary/aromatic N) is 1. The molecule has 2 bridgehead atoms. The minimum atomic E-state index is -0.118. The molecule has 2 atom stereocenters. The summed E-state index contributed by atoms with van der Waals surface area (Å²) in [7, 11) is 0. The van der Waals surface area contributed by atoms with Crippen molar-refractivity contribution in [1.29, 1.82) is 0 Å². The van der Waals surface area contributed by atoms with Gasteiger partial charge in [0, 0.05) is 37.0 Å². The van der Waals surface area contributed by atoms with Crippen LogP contribution >= 0.6 is 0 Å². The second-order valence-electron chi connectivity index (χ2n) is 9.43. The van der Waals surface area contributed by atoms with Crippen LogP contribution in [0.5, 0.6) is 5.75 Å². The molecule has 1 aliphatic carbocycles. The summed E-state index contributed by atoms with van der Waals surface area (Å²) in [6, 6.07) is 13.3. The van der Waals surface area contributed by atoms with Gasteiger partial charge in [-0.1, -0.05) is 45.0 Å². The SMILES string of the molecule is CC(=O)NCc1ccc(C(=O)N2CC[C@@]3(C)c4cccc(O)c4C[C@@H]2C3(C)C)cc1. The van der Waals surface area contributed by atoms with E-state index in [1.165, 1.54) is 12.5 Å². The second-order valence-corrected chi connectivity index (χ2v) is 9.43. The fraction of sp³-hybridized carbons (Fsp3) is 0.440. The van der Waals surface area contributed by atoms with Gasteiger partial charge in [0.05, 0.1) is 0 Å². The maximum atomic E-state index is 13.5. The molecule has 0 radical (unpaired) electrons. The highest BCUT2D eigenvalue weighted by molar-refractivity contribution is 5.94. The summed E-state index contributed by atoms with van der Waals surface area (Å²) in [5.74, 6) is 0.283. The van der Waals surface area contributed by atoms with Crippen molar-refractivity contribution in [3.05, 3.63) is 64.7 Å². The molecule has 5 heteroatoms. The van der Waals surface area contributed by atoms with Gasteiger partial charge in [-0.25, -0.2) is 0 Å². The van der Waals surface area contributed by atoms with Crippen molar-refractivity contribution in [3.8, 4) is 5.75 Å². The van der Waals surface area contributed by atoms with Gasteiger partial charge in [-0.3, -0.25) is 9.59 Å². The number of aromatic hydroxyl groups is 1. The minimum absolute atomic E-state index is 0.0172. The number of carbonyl (C=O) groups is 2. The third-order valence-corrected chi connectivity index (χ3v) is 7.63. The molecule has 0 spiro atoms. The molecular weight excluding hydrogens is 376 g/mol. The lowest BCUT2D eigenvalue weighted by Crippen LogP contribution is -2.64. The summed E-state index contributed by atoms with van der Waals surface area (Å²) >= 11 is 0. The lowest BCUT2D eigenvalue weighted by atomic mass is 9.51. The molecule has 30 heavy (non-hydrogen) atoms. The third-order valence-electron chi connectivity index (χ3n) is 7.63. The number of phenols is 1. The van der Waals surface area contributed by atoms with Crippen molar-refractivity contribution in [2.75, 3.05) is 6.54 Å². The molecule has 0 saturated carbocycles. The van der Waals surface area contributed by atoms with E-state index in [2.05, 4.69) is 32.2 Å². The Morgan fingerprint density at radius 3 is 2.50 bits per heavy atom. The Kier molecular flexibility index (Phi) is 4.88. The highest BCUT2D eigenvalue weighted by Gasteiger charge is 2.57. The Labute approximate surface area is 178 Å². The molecule has 2 aromatic carbocycles. The van der Waals surface area contributed by atoms with Crippen molar-refractivity contribution in [3.63, 3.8) is 0 Å². The van der Waals surface area contributed by atoms with Crippen LogP contribution in [0.1, 0.15) is 61.2 Å². The Morgan fingerprint density at radius 1 is 1.13 bits per heavy atom. The van der Waals surface area contributed by atoms with Crippen LogP contribution in [0.2, 0.25) is 0 Å². The maximum Gasteiger partial charge on any atom is 0.254 e. The average molecular weight is 407 g/mol. The summed E-state index contributed by atoms with van der Waals surface area (Å²) in [5.41, 5.74) is 3.61. The summed E-state index contributed by atoms with van der Waals surface area (Å²) in [5, 5.41) is 13.3. The van der Waals surface area contributed by atoms with Crippen molar-refractivity contribution in [1.82, 2.24) is 10.2 Å². The van der Waals surface area contributed by atoms with Gasteiger partial charge >= 0.3 is 0 Å². The van der Waals surface area contributed by atoms with E-state index in [0.717, 1.165) is 17.5 Å². The molecule has 1 saturated heterocycles. The Balaban J connectivity index is 1.63. The fourth-order valence-corrected chi connectivity index (χ4v) is 5.33. The van der Waals surface area contributed by atoms with Crippen LogP contribution in [-0.4, -0.2) is 34.4 Å². The first-order chi connectivity index (χ1) is 14.1. The molecule has 2 N–H and O–H groups in total. The van der Waals surface area contributed by atoms with Gasteiger partial charge in [-0.15, -0.1) is 0 Å². The standard InChI is InChI=1S/C25H30N2O3/c1-16(28)26-15-17-8-10-18(11-9-17)23(30)27-13-12-25(4)20-6-5-7-21(29)19(20)14-22(27)24(25,2)3/h5-11,22,29H,12-15H2,1-4H3,(H,26,28)/t22-,25+/m1/s1. The zero-order chi connectivity index (χ0) is 21.7. The highest BCUT2D eigenvalue weighted by atomic mass is 16.3. The number of fused-ring (bicyclic) bond motifs is 4. The van der Waals surface area contributed by atoms with Crippen LogP contribution in [0.3, 0.4) is 0 Å². The van der Waals surface area contributed by atoms with E-state index >= 15 is 0 Å². The number of hydrogen-bond donors (Lipinski definition) is 2. The summed E-state index contributed by atoms with van der Waals surface area (Å²) < 4.78 is 0. The van der Waals surface area contributed by atoms with E-state index in [-0.39, 0.29) is 28.7 Å². The van der Waals surface area contributed by atoms with Crippen LogP contribution in [0.4, 0.5) is 0 Å². The quantitative estimate of drug-likeness (QED) is 0.815. The Hall–Kier alpha value is -2.82. The summed E-state index contributed by atoms with van der Waals surface area (Å²) in [6.07, 6.45) is 1.52. The van der Waals surface area contributed by atoms with Crippen LogP contribution in [-0.2, 0) is 23.2 Å². The maximum absolute atomic E-state index is 13.5. The number of hydrogen-bond acceptors (Lipinski definition) is 3. The van der Waals surface area contributed by atoms with Crippen LogP contribution in [0, 0.1) is 5.41 Å². The molecule has 1 aliphatic heterocycles. The lowest BCUT2D eigenvalue weighted by Gasteiger charge is -2.60. The third kappa shape index (κ3) is 3.08. The largest absolute Gasteiger partial charge is 0.508 e. The predicted molar refractivity (Wildman–Crippen MR) is 116 cm³/mol. The predicted octanol–water partition coefficient (Wildman–Crippen LogP) is 3.78. The molecular formula is C25H30N2O3. The number of piperidine rings is 1. The number of carbonyl (C=O) groups excluding carboxylic acids is 2. The van der Waals surface area contributed by atoms with E-state index in [9.17, 15) is 14.7 Å². The molecule has 1 fully saturated rings. The van der Waals surface area contributed by atoms with Crippen LogP contribution in [0.25, 0.3) is 0 Å². The van der Waals surface area contributed by atoms with Gasteiger partial charge < -0.3 is 15.3 Å². The Morgan fingerprint density at radius 2 is 1.83 bits per heavy atom. The molecule has 4 rings (SSSR count). The second kappa shape index (κ2) is 7.15. The number of likely N-dealkylation sites (tertiary alicyclic amines) is 1. The highest BCUT2D eigenvalue weighted by Crippen LogP contribution is 2.57. The smallest absolute Gasteiger partial charge is 0.254 e. The molecule has 5 nitrogen and oxygen atoms in total. The van der Waals surface area contributed by atoms with E-state index in [1.807, 2.05) is 35.2 Å². The minimum Gasteiger partial charge on any atom is -0.508 e. The fourth-order valence-electron chi connectivity index (χ4n) is 5.33. The monoisotopic (exact) mass is 406 g/mol. The first-order valence-corrected chi connectivity index (χ1v) is 10.6. The van der Waals surface area contributed by atoms with Crippen molar-refractivity contribution in [2.45, 2.75) is 58.5 Å². The Bertz CT molecular complexity index is 996. The first-order valence-electron chi connectivity index (χ1n) is 10.6. The molecule has 2 aromatic rings. The molecule has 1 heterocycles. The lowest BCUT2D eigenvalue weighted by molar-refractivity contribution is -0.119. The van der Waals surface area contributed by atoms with E-state index in [1.54, 1.807) is 6.07 Å². The number of rotatable bonds is 3. The van der Waals surface area contributed by atoms with Gasteiger partial charge in [0.1, 0.15) is 5.75 Å². The van der Waals surface area contributed by atoms with Gasteiger partial charge in [-0.05, 0) is 53.1 Å². The molecule has 158 valence electrons. The van der Waals surface area contributed by atoms with Gasteiger partial charge in [-0.2, -0.15) is 0 Å². The zero-order valence-corrected chi connectivity index (χ0v) is 18.2. The van der Waals surface area contributed by atoms with Gasteiger partial charge in [0.25, 0.3) is 5.91 Å². The number of phenolic OH excluding ortho intramolecular Hbond substituents is 1. The number of benzene rings is 2. The van der Waals surface area contributed by atoms with Crippen molar-refractivity contribution < 1.29 is 14.7 Å². The normalized spacial score (nSPS) is 24.1. The van der Waals surface area contributed by atoms with Gasteiger partial charge in [0.2, 0.25) is 5.91 Å². The summed E-state index contributed by atoms with van der Waals surface area (Å²) in [6.45, 7) is 9.42. The van der Waals surface area contributed by atoms with E-state index < -0.39 is 0 Å². The molecule has 2 aliphatic rings.